The molecule has 0 unspecified atom stereocenters. The van der Waals surface area contributed by atoms with E-state index in [2.05, 4.69) is 23.0 Å². The van der Waals surface area contributed by atoms with Crippen molar-refractivity contribution >= 4 is 17.7 Å². The second-order valence-electron chi connectivity index (χ2n) is 3.47. The van der Waals surface area contributed by atoms with Crippen molar-refractivity contribution in [3.05, 3.63) is 35.9 Å². The third kappa shape index (κ3) is 2.88. The molecule has 17 heavy (non-hydrogen) atoms. The van der Waals surface area contributed by atoms with Gasteiger partial charge >= 0.3 is 0 Å². The molecule has 2 N–H and O–H groups in total. The van der Waals surface area contributed by atoms with Crippen molar-refractivity contribution in [2.75, 3.05) is 12.8 Å². The summed E-state index contributed by atoms with van der Waals surface area (Å²) in [6, 6.07) is 9.88. The van der Waals surface area contributed by atoms with E-state index in [0.717, 1.165) is 9.92 Å². The van der Waals surface area contributed by atoms with Crippen molar-refractivity contribution < 1.29 is 4.74 Å². The van der Waals surface area contributed by atoms with E-state index in [4.69, 9.17) is 10.5 Å². The van der Waals surface area contributed by atoms with E-state index >= 15 is 0 Å². The molecule has 0 amide bonds. The average molecular weight is 247 g/mol. The topological polar surface area (TPSA) is 61.0 Å². The Morgan fingerprint density at radius 1 is 1.24 bits per heavy atom. The number of methoxy groups -OCH3 is 1. The second-order valence-corrected chi connectivity index (χ2v) is 4.54. The van der Waals surface area contributed by atoms with Crippen LogP contribution in [0.2, 0.25) is 0 Å². The maximum atomic E-state index is 5.61. The molecule has 1 aromatic heterocycles. The van der Waals surface area contributed by atoms with Gasteiger partial charge in [0.2, 0.25) is 11.8 Å². The van der Waals surface area contributed by atoms with Crippen molar-refractivity contribution in [1.29, 1.82) is 0 Å². The van der Waals surface area contributed by atoms with E-state index in [1.165, 1.54) is 5.56 Å². The van der Waals surface area contributed by atoms with Gasteiger partial charge in [-0.2, -0.15) is 4.98 Å². The Kier molecular flexibility index (Phi) is 3.49. The zero-order valence-corrected chi connectivity index (χ0v) is 10.5. The fourth-order valence-corrected chi connectivity index (χ4v) is 2.26. The lowest BCUT2D eigenvalue weighted by atomic mass is 10.2. The molecule has 4 nitrogen and oxygen atoms in total. The third-order valence-electron chi connectivity index (χ3n) is 2.21. The number of nitrogens with zero attached hydrogens (tertiary/aromatic N) is 2. The van der Waals surface area contributed by atoms with Crippen LogP contribution in [0.3, 0.4) is 0 Å². The van der Waals surface area contributed by atoms with Crippen LogP contribution in [0.1, 0.15) is 5.56 Å². The van der Waals surface area contributed by atoms with E-state index in [1.807, 2.05) is 18.2 Å². The van der Waals surface area contributed by atoms with E-state index in [1.54, 1.807) is 24.9 Å². The predicted molar refractivity (Wildman–Crippen MR) is 68.3 cm³/mol. The first-order valence-corrected chi connectivity index (χ1v) is 5.92. The van der Waals surface area contributed by atoms with E-state index in [0.29, 0.717) is 5.88 Å². The third-order valence-corrected chi connectivity index (χ3v) is 3.31. The number of rotatable bonds is 3. The van der Waals surface area contributed by atoms with Gasteiger partial charge in [-0.05, 0) is 18.6 Å². The summed E-state index contributed by atoms with van der Waals surface area (Å²) in [5.41, 5.74) is 6.81. The molecule has 0 spiro atoms. The van der Waals surface area contributed by atoms with Crippen LogP contribution in [0.25, 0.3) is 0 Å². The molecule has 0 aliphatic carbocycles. The van der Waals surface area contributed by atoms with Crippen LogP contribution >= 0.6 is 11.8 Å². The zero-order chi connectivity index (χ0) is 12.3. The van der Waals surface area contributed by atoms with Gasteiger partial charge in [0.05, 0.1) is 7.11 Å². The summed E-state index contributed by atoms with van der Waals surface area (Å²) in [6.45, 7) is 2.06. The molecule has 5 heteroatoms. The molecule has 88 valence electrons. The van der Waals surface area contributed by atoms with E-state index < -0.39 is 0 Å². The van der Waals surface area contributed by atoms with Gasteiger partial charge in [0, 0.05) is 11.0 Å². The first-order valence-electron chi connectivity index (χ1n) is 5.11. The molecule has 0 saturated heterocycles. The smallest absolute Gasteiger partial charge is 0.224 e. The van der Waals surface area contributed by atoms with Gasteiger partial charge in [-0.15, -0.1) is 0 Å². The fourth-order valence-electron chi connectivity index (χ4n) is 1.36. The fraction of sp³-hybridized carbons (Fsp3) is 0.167. The lowest BCUT2D eigenvalue weighted by Crippen LogP contribution is -1.98. The van der Waals surface area contributed by atoms with Gasteiger partial charge in [-0.1, -0.05) is 30.0 Å². The average Bonchev–Trinajstić information content (AvgIpc) is 2.31. The van der Waals surface area contributed by atoms with Crippen LogP contribution in [-0.4, -0.2) is 17.1 Å². The van der Waals surface area contributed by atoms with Crippen molar-refractivity contribution in [3.63, 3.8) is 0 Å². The summed E-state index contributed by atoms with van der Waals surface area (Å²) in [7, 11) is 1.56. The Labute approximate surface area is 104 Å². The number of ether oxygens (including phenoxy) is 1. The molecule has 0 fully saturated rings. The van der Waals surface area contributed by atoms with Gasteiger partial charge in [-0.25, -0.2) is 4.98 Å². The number of aryl methyl sites for hydroxylation is 1. The Balaban J connectivity index is 2.30. The van der Waals surface area contributed by atoms with Gasteiger partial charge in [0.25, 0.3) is 0 Å². The van der Waals surface area contributed by atoms with Gasteiger partial charge in [0.1, 0.15) is 5.03 Å². The highest BCUT2D eigenvalue weighted by Crippen LogP contribution is 2.30. The SMILES string of the molecule is COc1cc(Sc2ccccc2C)nc(N)n1. The number of aromatic nitrogens is 2. The van der Waals surface area contributed by atoms with Crippen LogP contribution < -0.4 is 10.5 Å². The summed E-state index contributed by atoms with van der Waals surface area (Å²) in [6.07, 6.45) is 0. The molecule has 0 aliphatic heterocycles. The van der Waals surface area contributed by atoms with E-state index in [-0.39, 0.29) is 5.95 Å². The number of benzene rings is 1. The van der Waals surface area contributed by atoms with Crippen LogP contribution in [-0.2, 0) is 0 Å². The Morgan fingerprint density at radius 2 is 2.00 bits per heavy atom. The number of nitrogens with two attached hydrogens (primary N) is 1. The normalized spacial score (nSPS) is 10.2. The monoisotopic (exact) mass is 247 g/mol. The highest BCUT2D eigenvalue weighted by Gasteiger charge is 2.05. The van der Waals surface area contributed by atoms with Crippen molar-refractivity contribution in [3.8, 4) is 5.88 Å². The summed E-state index contributed by atoms with van der Waals surface area (Å²) < 4.78 is 5.06. The van der Waals surface area contributed by atoms with Crippen LogP contribution in [0.15, 0.2) is 40.3 Å². The molecular weight excluding hydrogens is 234 g/mol. The summed E-state index contributed by atoms with van der Waals surface area (Å²) in [5, 5.41) is 0.781. The van der Waals surface area contributed by atoms with Crippen LogP contribution in [0.4, 0.5) is 5.95 Å². The molecule has 0 aliphatic rings. The second kappa shape index (κ2) is 5.05. The molecule has 0 radical (unpaired) electrons. The minimum absolute atomic E-state index is 0.223. The Hall–Kier alpha value is -1.75. The van der Waals surface area contributed by atoms with Gasteiger partial charge in [-0.3, -0.25) is 0 Å². The van der Waals surface area contributed by atoms with Crippen LogP contribution in [0.5, 0.6) is 5.88 Å². The maximum Gasteiger partial charge on any atom is 0.224 e. The lowest BCUT2D eigenvalue weighted by Gasteiger charge is -2.06. The molecule has 1 aromatic carbocycles. The summed E-state index contributed by atoms with van der Waals surface area (Å²) in [4.78, 5) is 9.26. The van der Waals surface area contributed by atoms with Crippen molar-refractivity contribution in [1.82, 2.24) is 9.97 Å². The molecule has 0 atom stereocenters. The molecule has 2 aromatic rings. The highest BCUT2D eigenvalue weighted by molar-refractivity contribution is 7.99. The Morgan fingerprint density at radius 3 is 2.71 bits per heavy atom. The first kappa shape index (κ1) is 11.7. The first-order chi connectivity index (χ1) is 8.19. The standard InChI is InChI=1S/C12H13N3OS/c1-8-5-3-4-6-9(8)17-11-7-10(16-2)14-12(13)15-11/h3-7H,1-2H3,(H2,13,14,15). The number of anilines is 1. The quantitative estimate of drug-likeness (QED) is 0.844. The lowest BCUT2D eigenvalue weighted by molar-refractivity contribution is 0.396. The number of hydrogen-bond donors (Lipinski definition) is 1. The summed E-state index contributed by atoms with van der Waals surface area (Å²) in [5.74, 6) is 0.703. The van der Waals surface area contributed by atoms with Gasteiger partial charge < -0.3 is 10.5 Å². The molecule has 0 saturated carbocycles. The Bertz CT molecular complexity index is 531. The van der Waals surface area contributed by atoms with Gasteiger partial charge in [0.15, 0.2) is 0 Å². The molecular formula is C12H13N3OS. The van der Waals surface area contributed by atoms with Crippen molar-refractivity contribution in [2.45, 2.75) is 16.8 Å². The highest BCUT2D eigenvalue weighted by atomic mass is 32.2. The number of nitrogen functional groups attached to an aromatic ring is 1. The number of hydrogen-bond acceptors (Lipinski definition) is 5. The van der Waals surface area contributed by atoms with Crippen molar-refractivity contribution in [2.24, 2.45) is 0 Å². The van der Waals surface area contributed by atoms with E-state index in [9.17, 15) is 0 Å². The predicted octanol–water partition coefficient (Wildman–Crippen LogP) is 2.53. The molecule has 1 heterocycles. The molecule has 2 rings (SSSR count). The summed E-state index contributed by atoms with van der Waals surface area (Å²) >= 11 is 1.55. The largest absolute Gasteiger partial charge is 0.481 e. The maximum absolute atomic E-state index is 5.61. The zero-order valence-electron chi connectivity index (χ0n) is 9.68. The minimum Gasteiger partial charge on any atom is -0.481 e. The van der Waals surface area contributed by atoms with Crippen LogP contribution in [0, 0.1) is 6.92 Å². The molecule has 0 bridgehead atoms. The minimum atomic E-state index is 0.223.